The number of hydrogen-bond donors (Lipinski definition) is 3. The smallest absolute Gasteiger partial charge is 0.251 e. The molecule has 0 fully saturated rings. The van der Waals surface area contributed by atoms with E-state index in [1.54, 1.807) is 25.1 Å². The summed E-state index contributed by atoms with van der Waals surface area (Å²) < 4.78 is 0.754. The third-order valence-corrected chi connectivity index (χ3v) is 2.20. The molecular weight excluding hydrogens is 260 g/mol. The summed E-state index contributed by atoms with van der Waals surface area (Å²) in [5.74, 6) is -0.246. The summed E-state index contributed by atoms with van der Waals surface area (Å²) in [6, 6.07) is 4.97. The number of rotatable bonds is 3. The first kappa shape index (κ1) is 12.0. The van der Waals surface area contributed by atoms with Gasteiger partial charge in [-0.2, -0.15) is 0 Å². The van der Waals surface area contributed by atoms with Crippen LogP contribution in [-0.4, -0.2) is 23.7 Å². The zero-order valence-electron chi connectivity index (χ0n) is 8.33. The summed E-state index contributed by atoms with van der Waals surface area (Å²) in [4.78, 5) is 11.6. The molecule has 82 valence electrons. The van der Waals surface area contributed by atoms with E-state index in [0.717, 1.165) is 4.47 Å². The molecule has 0 bridgehead atoms. The molecule has 4 N–H and O–H groups in total. The van der Waals surface area contributed by atoms with Gasteiger partial charge in [-0.15, -0.1) is 0 Å². The SMILES string of the molecule is CC(O)CNC(=O)c1cc(N)cc(Br)c1. The fraction of sp³-hybridized carbons (Fsp3) is 0.300. The van der Waals surface area contributed by atoms with E-state index < -0.39 is 6.10 Å². The van der Waals surface area contributed by atoms with Gasteiger partial charge in [-0.3, -0.25) is 4.79 Å². The molecule has 0 saturated carbocycles. The maximum Gasteiger partial charge on any atom is 0.251 e. The Balaban J connectivity index is 2.73. The normalized spacial score (nSPS) is 12.2. The predicted octanol–water partition coefficient (Wildman–Crippen LogP) is 1.14. The number of nitrogens with one attached hydrogen (secondary N) is 1. The Morgan fingerprint density at radius 1 is 1.60 bits per heavy atom. The lowest BCUT2D eigenvalue weighted by atomic mass is 10.2. The maximum absolute atomic E-state index is 11.6. The zero-order chi connectivity index (χ0) is 11.4. The molecule has 0 aromatic heterocycles. The number of carbonyl (C=O) groups excluding carboxylic acids is 1. The second kappa shape index (κ2) is 5.14. The highest BCUT2D eigenvalue weighted by Gasteiger charge is 2.07. The van der Waals surface area contributed by atoms with Crippen molar-refractivity contribution in [3.05, 3.63) is 28.2 Å². The van der Waals surface area contributed by atoms with Crippen molar-refractivity contribution in [2.45, 2.75) is 13.0 Å². The van der Waals surface area contributed by atoms with Crippen LogP contribution in [0.25, 0.3) is 0 Å². The standard InChI is InChI=1S/C10H13BrN2O2/c1-6(14)5-13-10(15)7-2-8(11)4-9(12)3-7/h2-4,6,14H,5,12H2,1H3,(H,13,15). The molecule has 15 heavy (non-hydrogen) atoms. The first-order chi connectivity index (χ1) is 6.99. The maximum atomic E-state index is 11.6. The Kier molecular flexibility index (Phi) is 4.11. The number of nitrogens with two attached hydrogens (primary N) is 1. The number of amides is 1. The summed E-state index contributed by atoms with van der Waals surface area (Å²) in [6.45, 7) is 1.83. The summed E-state index contributed by atoms with van der Waals surface area (Å²) in [6.07, 6.45) is -0.557. The highest BCUT2D eigenvalue weighted by atomic mass is 79.9. The van der Waals surface area contributed by atoms with Crippen LogP contribution in [-0.2, 0) is 0 Å². The van der Waals surface area contributed by atoms with Crippen LogP contribution in [0.3, 0.4) is 0 Å². The topological polar surface area (TPSA) is 75.3 Å². The van der Waals surface area contributed by atoms with E-state index in [1.165, 1.54) is 0 Å². The number of hydrogen-bond acceptors (Lipinski definition) is 3. The van der Waals surface area contributed by atoms with Gasteiger partial charge in [-0.1, -0.05) is 15.9 Å². The first-order valence-corrected chi connectivity index (χ1v) is 5.30. The number of anilines is 1. The third-order valence-electron chi connectivity index (χ3n) is 1.74. The molecule has 0 radical (unpaired) electrons. The van der Waals surface area contributed by atoms with Gasteiger partial charge in [0.15, 0.2) is 0 Å². The fourth-order valence-corrected chi connectivity index (χ4v) is 1.60. The molecule has 0 spiro atoms. The first-order valence-electron chi connectivity index (χ1n) is 4.51. The largest absolute Gasteiger partial charge is 0.399 e. The van der Waals surface area contributed by atoms with Crippen LogP contribution >= 0.6 is 15.9 Å². The minimum atomic E-state index is -0.557. The van der Waals surface area contributed by atoms with Crippen molar-refractivity contribution in [1.82, 2.24) is 5.32 Å². The Hall–Kier alpha value is -1.07. The van der Waals surface area contributed by atoms with E-state index in [9.17, 15) is 4.79 Å². The lowest BCUT2D eigenvalue weighted by Gasteiger charge is -2.07. The highest BCUT2D eigenvalue weighted by Crippen LogP contribution is 2.17. The van der Waals surface area contributed by atoms with Gasteiger partial charge in [0, 0.05) is 22.3 Å². The van der Waals surface area contributed by atoms with Crippen LogP contribution in [0.1, 0.15) is 17.3 Å². The Labute approximate surface area is 96.6 Å². The van der Waals surface area contributed by atoms with Crippen molar-refractivity contribution in [1.29, 1.82) is 0 Å². The lowest BCUT2D eigenvalue weighted by Crippen LogP contribution is -2.30. The van der Waals surface area contributed by atoms with Crippen molar-refractivity contribution in [3.8, 4) is 0 Å². The number of aliphatic hydroxyl groups is 1. The molecular formula is C10H13BrN2O2. The van der Waals surface area contributed by atoms with Crippen molar-refractivity contribution in [2.24, 2.45) is 0 Å². The molecule has 0 aliphatic carbocycles. The summed E-state index contributed by atoms with van der Waals surface area (Å²) in [7, 11) is 0. The molecule has 4 nitrogen and oxygen atoms in total. The number of benzene rings is 1. The van der Waals surface area contributed by atoms with Crippen molar-refractivity contribution in [2.75, 3.05) is 12.3 Å². The van der Waals surface area contributed by atoms with Gasteiger partial charge in [-0.25, -0.2) is 0 Å². The molecule has 1 rings (SSSR count). The van der Waals surface area contributed by atoms with Crippen LogP contribution in [0.4, 0.5) is 5.69 Å². The summed E-state index contributed by atoms with van der Waals surface area (Å²) in [5, 5.41) is 11.6. The van der Waals surface area contributed by atoms with E-state index in [2.05, 4.69) is 21.2 Å². The highest BCUT2D eigenvalue weighted by molar-refractivity contribution is 9.10. The fourth-order valence-electron chi connectivity index (χ4n) is 1.09. The Morgan fingerprint density at radius 2 is 2.27 bits per heavy atom. The van der Waals surface area contributed by atoms with Gasteiger partial charge >= 0.3 is 0 Å². The average Bonchev–Trinajstić information content (AvgIpc) is 2.12. The van der Waals surface area contributed by atoms with Crippen molar-refractivity contribution < 1.29 is 9.90 Å². The number of halogens is 1. The molecule has 0 aliphatic rings. The molecule has 0 saturated heterocycles. The van der Waals surface area contributed by atoms with Crippen LogP contribution in [0.2, 0.25) is 0 Å². The predicted molar refractivity (Wildman–Crippen MR) is 62.6 cm³/mol. The van der Waals surface area contributed by atoms with E-state index in [0.29, 0.717) is 11.3 Å². The van der Waals surface area contributed by atoms with E-state index in [1.807, 2.05) is 0 Å². The number of nitrogen functional groups attached to an aromatic ring is 1. The third kappa shape index (κ3) is 3.89. The molecule has 1 atom stereocenters. The van der Waals surface area contributed by atoms with Gasteiger partial charge in [0.1, 0.15) is 0 Å². The van der Waals surface area contributed by atoms with Gasteiger partial charge in [0.25, 0.3) is 5.91 Å². The van der Waals surface area contributed by atoms with Crippen LogP contribution < -0.4 is 11.1 Å². The molecule has 1 amide bonds. The van der Waals surface area contributed by atoms with Gasteiger partial charge < -0.3 is 16.2 Å². The second-order valence-corrected chi connectivity index (χ2v) is 4.25. The molecule has 0 heterocycles. The number of aliphatic hydroxyl groups excluding tert-OH is 1. The minimum absolute atomic E-state index is 0.227. The molecule has 0 aliphatic heterocycles. The Bertz CT molecular complexity index is 346. The second-order valence-electron chi connectivity index (χ2n) is 3.33. The number of carbonyl (C=O) groups is 1. The molecule has 5 heteroatoms. The quantitative estimate of drug-likeness (QED) is 0.723. The van der Waals surface area contributed by atoms with E-state index >= 15 is 0 Å². The van der Waals surface area contributed by atoms with Crippen molar-refractivity contribution >= 4 is 27.5 Å². The van der Waals surface area contributed by atoms with Crippen LogP contribution in [0.15, 0.2) is 22.7 Å². The lowest BCUT2D eigenvalue weighted by molar-refractivity contribution is 0.0924. The van der Waals surface area contributed by atoms with Crippen LogP contribution in [0.5, 0.6) is 0 Å². The van der Waals surface area contributed by atoms with Crippen molar-refractivity contribution in [3.63, 3.8) is 0 Å². The van der Waals surface area contributed by atoms with Gasteiger partial charge in [0.2, 0.25) is 0 Å². The van der Waals surface area contributed by atoms with Gasteiger partial charge in [-0.05, 0) is 25.1 Å². The summed E-state index contributed by atoms with van der Waals surface area (Å²) >= 11 is 3.25. The summed E-state index contributed by atoms with van der Waals surface area (Å²) in [5.41, 5.74) is 6.59. The Morgan fingerprint density at radius 3 is 2.80 bits per heavy atom. The van der Waals surface area contributed by atoms with Gasteiger partial charge in [0.05, 0.1) is 6.10 Å². The minimum Gasteiger partial charge on any atom is -0.399 e. The molecule has 1 unspecified atom stereocenters. The van der Waals surface area contributed by atoms with E-state index in [-0.39, 0.29) is 12.5 Å². The zero-order valence-corrected chi connectivity index (χ0v) is 9.91. The molecule has 1 aromatic rings. The van der Waals surface area contributed by atoms with E-state index in [4.69, 9.17) is 10.8 Å². The molecule has 1 aromatic carbocycles. The average molecular weight is 273 g/mol. The monoisotopic (exact) mass is 272 g/mol. The van der Waals surface area contributed by atoms with Crippen LogP contribution in [0, 0.1) is 0 Å².